The van der Waals surface area contributed by atoms with Crippen molar-refractivity contribution in [3.63, 3.8) is 0 Å². The van der Waals surface area contributed by atoms with Gasteiger partial charge in [-0.25, -0.2) is 0 Å². The zero-order chi connectivity index (χ0) is 25.5. The van der Waals surface area contributed by atoms with Crippen molar-refractivity contribution in [2.45, 2.75) is 20.3 Å². The Kier molecular flexibility index (Phi) is 7.95. The van der Waals surface area contributed by atoms with E-state index in [4.69, 9.17) is 18.6 Å². The molecule has 6 nitrogen and oxygen atoms in total. The van der Waals surface area contributed by atoms with Crippen LogP contribution in [0.15, 0.2) is 77.4 Å². The average molecular weight is 486 g/mol. The van der Waals surface area contributed by atoms with Crippen LogP contribution in [0.3, 0.4) is 0 Å². The summed E-state index contributed by atoms with van der Waals surface area (Å²) in [6, 6.07) is 19.6. The van der Waals surface area contributed by atoms with Gasteiger partial charge in [-0.1, -0.05) is 30.3 Å². The van der Waals surface area contributed by atoms with Gasteiger partial charge in [-0.15, -0.1) is 0 Å². The third kappa shape index (κ3) is 5.54. The number of allylic oxidation sites excluding steroid dienone is 1. The highest BCUT2D eigenvalue weighted by Gasteiger charge is 2.15. The van der Waals surface area contributed by atoms with E-state index in [9.17, 15) is 4.79 Å². The van der Waals surface area contributed by atoms with Gasteiger partial charge in [-0.2, -0.15) is 0 Å². The highest BCUT2D eigenvalue weighted by molar-refractivity contribution is 6.00. The minimum absolute atomic E-state index is 0.163. The summed E-state index contributed by atoms with van der Waals surface area (Å²) in [6.45, 7) is 4.99. The minimum Gasteiger partial charge on any atom is -0.496 e. The van der Waals surface area contributed by atoms with Crippen molar-refractivity contribution in [3.8, 4) is 28.4 Å². The molecule has 4 rings (SSSR count). The number of carbonyl (C=O) groups is 1. The van der Waals surface area contributed by atoms with Crippen LogP contribution < -0.4 is 19.5 Å². The summed E-state index contributed by atoms with van der Waals surface area (Å²) in [5, 5.41) is 3.91. The van der Waals surface area contributed by atoms with Crippen LogP contribution >= 0.6 is 0 Å². The van der Waals surface area contributed by atoms with Crippen molar-refractivity contribution in [2.75, 3.05) is 27.4 Å². The fourth-order valence-corrected chi connectivity index (χ4v) is 4.21. The van der Waals surface area contributed by atoms with E-state index in [-0.39, 0.29) is 5.91 Å². The van der Waals surface area contributed by atoms with E-state index in [1.807, 2.05) is 74.5 Å². The molecule has 1 aromatic heterocycles. The first-order valence-electron chi connectivity index (χ1n) is 11.9. The third-order valence-electron chi connectivity index (χ3n) is 6.03. The normalized spacial score (nSPS) is 11.4. The van der Waals surface area contributed by atoms with Gasteiger partial charge in [-0.05, 0) is 61.2 Å². The Labute approximate surface area is 211 Å². The van der Waals surface area contributed by atoms with Crippen molar-refractivity contribution in [3.05, 3.63) is 84.1 Å². The van der Waals surface area contributed by atoms with Gasteiger partial charge in [0.25, 0.3) is 0 Å². The number of hydrogen-bond donors (Lipinski definition) is 1. The van der Waals surface area contributed by atoms with Crippen molar-refractivity contribution in [1.82, 2.24) is 5.32 Å². The smallest absolute Gasteiger partial charge is 0.244 e. The van der Waals surface area contributed by atoms with Crippen LogP contribution in [0.25, 0.3) is 27.7 Å². The second kappa shape index (κ2) is 11.5. The standard InChI is InChI=1S/C30H31NO5/c1-5-35-23-12-10-21(11-13-23)26-19-36-29-18-28(34-4)24(17-25(26)29)20(2)16-30(32)31-15-14-22-8-6-7-9-27(22)33-3/h6-13,16-19H,5,14-15H2,1-4H3,(H,31,32)/b20-16+. The molecule has 186 valence electrons. The summed E-state index contributed by atoms with van der Waals surface area (Å²) in [5.74, 6) is 2.13. The van der Waals surface area contributed by atoms with E-state index in [0.29, 0.717) is 30.9 Å². The molecule has 0 bridgehead atoms. The summed E-state index contributed by atoms with van der Waals surface area (Å²) in [7, 11) is 3.26. The maximum absolute atomic E-state index is 12.7. The van der Waals surface area contributed by atoms with Crippen LogP contribution in [0.5, 0.6) is 17.2 Å². The lowest BCUT2D eigenvalue weighted by Crippen LogP contribution is -2.24. The molecule has 0 aliphatic carbocycles. The molecule has 0 aliphatic rings. The minimum atomic E-state index is -0.163. The number of ether oxygens (including phenoxy) is 3. The Morgan fingerprint density at radius 2 is 1.75 bits per heavy atom. The van der Waals surface area contributed by atoms with Gasteiger partial charge < -0.3 is 23.9 Å². The number of nitrogens with one attached hydrogen (secondary N) is 1. The van der Waals surface area contributed by atoms with Gasteiger partial charge in [0.1, 0.15) is 22.8 Å². The number of para-hydroxylation sites is 1. The summed E-state index contributed by atoms with van der Waals surface area (Å²) < 4.78 is 22.4. The SMILES string of the molecule is CCOc1ccc(-c2coc3cc(OC)c(/C(C)=C/C(=O)NCCc4ccccc4OC)cc23)cc1. The fraction of sp³-hybridized carbons (Fsp3) is 0.233. The van der Waals surface area contributed by atoms with Crippen molar-refractivity contribution in [1.29, 1.82) is 0 Å². The van der Waals surface area contributed by atoms with Crippen LogP contribution in [0.2, 0.25) is 0 Å². The first-order chi connectivity index (χ1) is 17.5. The molecular weight excluding hydrogens is 454 g/mol. The molecule has 1 N–H and O–H groups in total. The zero-order valence-corrected chi connectivity index (χ0v) is 21.1. The Bertz CT molecular complexity index is 1370. The Morgan fingerprint density at radius 1 is 1.00 bits per heavy atom. The summed E-state index contributed by atoms with van der Waals surface area (Å²) >= 11 is 0. The van der Waals surface area contributed by atoms with Gasteiger partial charge in [-0.3, -0.25) is 4.79 Å². The summed E-state index contributed by atoms with van der Waals surface area (Å²) in [4.78, 5) is 12.7. The molecule has 0 unspecified atom stereocenters. The Hall–Kier alpha value is -4.19. The van der Waals surface area contributed by atoms with Crippen LogP contribution in [0.1, 0.15) is 25.0 Å². The van der Waals surface area contributed by atoms with E-state index >= 15 is 0 Å². The molecule has 1 heterocycles. The molecule has 0 saturated heterocycles. The van der Waals surface area contributed by atoms with E-state index in [1.165, 1.54) is 0 Å². The van der Waals surface area contributed by atoms with Gasteiger partial charge in [0, 0.05) is 35.2 Å². The number of rotatable bonds is 10. The van der Waals surface area contributed by atoms with E-state index in [0.717, 1.165) is 44.7 Å². The van der Waals surface area contributed by atoms with E-state index in [2.05, 4.69) is 5.32 Å². The average Bonchev–Trinajstić information content (AvgIpc) is 3.31. The number of amides is 1. The monoisotopic (exact) mass is 485 g/mol. The molecule has 6 heteroatoms. The largest absolute Gasteiger partial charge is 0.496 e. The Morgan fingerprint density at radius 3 is 2.47 bits per heavy atom. The topological polar surface area (TPSA) is 69.9 Å². The molecule has 4 aromatic rings. The quantitative estimate of drug-likeness (QED) is 0.268. The zero-order valence-electron chi connectivity index (χ0n) is 21.1. The lowest BCUT2D eigenvalue weighted by molar-refractivity contribution is -0.116. The predicted molar refractivity (Wildman–Crippen MR) is 143 cm³/mol. The van der Waals surface area contributed by atoms with Crippen molar-refractivity contribution < 1.29 is 23.4 Å². The fourth-order valence-electron chi connectivity index (χ4n) is 4.21. The van der Waals surface area contributed by atoms with Gasteiger partial charge >= 0.3 is 0 Å². The van der Waals surface area contributed by atoms with Crippen molar-refractivity contribution in [2.24, 2.45) is 0 Å². The lowest BCUT2D eigenvalue weighted by Gasteiger charge is -2.11. The molecule has 0 atom stereocenters. The van der Waals surface area contributed by atoms with E-state index in [1.54, 1.807) is 26.6 Å². The molecule has 0 radical (unpaired) electrons. The second-order valence-electron chi connectivity index (χ2n) is 8.34. The predicted octanol–water partition coefficient (Wildman–Crippen LogP) is 6.28. The highest BCUT2D eigenvalue weighted by atomic mass is 16.5. The number of methoxy groups -OCH3 is 2. The molecule has 0 fully saturated rings. The summed E-state index contributed by atoms with van der Waals surface area (Å²) in [5.41, 5.74) is 5.37. The number of carbonyl (C=O) groups excluding carboxylic acids is 1. The molecular formula is C30H31NO5. The third-order valence-corrected chi connectivity index (χ3v) is 6.03. The molecule has 0 saturated carbocycles. The van der Waals surface area contributed by atoms with Crippen LogP contribution in [-0.2, 0) is 11.2 Å². The maximum atomic E-state index is 12.7. The Balaban J connectivity index is 1.54. The maximum Gasteiger partial charge on any atom is 0.244 e. The molecule has 0 aliphatic heterocycles. The summed E-state index contributed by atoms with van der Waals surface area (Å²) in [6.07, 6.45) is 4.02. The number of furan rings is 1. The van der Waals surface area contributed by atoms with Crippen LogP contribution in [-0.4, -0.2) is 33.3 Å². The number of benzene rings is 3. The highest BCUT2D eigenvalue weighted by Crippen LogP contribution is 2.37. The second-order valence-corrected chi connectivity index (χ2v) is 8.34. The van der Waals surface area contributed by atoms with Crippen LogP contribution in [0, 0.1) is 0 Å². The first-order valence-corrected chi connectivity index (χ1v) is 11.9. The lowest BCUT2D eigenvalue weighted by atomic mass is 9.99. The van der Waals surface area contributed by atoms with Gasteiger partial charge in [0.15, 0.2) is 0 Å². The number of hydrogen-bond acceptors (Lipinski definition) is 5. The van der Waals surface area contributed by atoms with E-state index < -0.39 is 0 Å². The number of fused-ring (bicyclic) bond motifs is 1. The van der Waals surface area contributed by atoms with Crippen molar-refractivity contribution >= 4 is 22.4 Å². The molecule has 0 spiro atoms. The van der Waals surface area contributed by atoms with Gasteiger partial charge in [0.2, 0.25) is 5.91 Å². The molecule has 1 amide bonds. The molecule has 36 heavy (non-hydrogen) atoms. The first kappa shape index (κ1) is 24.9. The van der Waals surface area contributed by atoms with Gasteiger partial charge in [0.05, 0.1) is 27.1 Å². The van der Waals surface area contributed by atoms with Crippen LogP contribution in [0.4, 0.5) is 0 Å². The molecule has 3 aromatic carbocycles.